The molecule has 5 nitrogen and oxygen atoms in total. The highest BCUT2D eigenvalue weighted by Gasteiger charge is 2.20. The summed E-state index contributed by atoms with van der Waals surface area (Å²) in [7, 11) is 0. The van der Waals surface area contributed by atoms with Gasteiger partial charge in [0.2, 0.25) is 0 Å². The number of carboxylic acids is 1. The summed E-state index contributed by atoms with van der Waals surface area (Å²) in [4.78, 5) is 23.8. The second-order valence-corrected chi connectivity index (χ2v) is 5.24. The Kier molecular flexibility index (Phi) is 6.82. The smallest absolute Gasteiger partial charge is 0.331 e. The molecule has 1 aliphatic heterocycles. The van der Waals surface area contributed by atoms with Crippen molar-refractivity contribution in [2.75, 3.05) is 31.2 Å². The average Bonchev–Trinajstić information content (AvgIpc) is 2.38. The first-order valence-electron chi connectivity index (χ1n) is 6.03. The molecule has 1 rings (SSSR count). The number of thioether (sulfide) groups is 1. The summed E-state index contributed by atoms with van der Waals surface area (Å²) >= 11 is 1.94. The molecule has 1 unspecified atom stereocenters. The summed E-state index contributed by atoms with van der Waals surface area (Å²) in [5.41, 5.74) is 0. The fraction of sp³-hybridized carbons (Fsp3) is 0.667. The molecule has 102 valence electrons. The quantitative estimate of drug-likeness (QED) is 0.575. The molecule has 0 aromatic rings. The van der Waals surface area contributed by atoms with Crippen LogP contribution in [0.15, 0.2) is 12.2 Å². The van der Waals surface area contributed by atoms with Crippen LogP contribution in [0.2, 0.25) is 0 Å². The van der Waals surface area contributed by atoms with E-state index < -0.39 is 11.9 Å². The Morgan fingerprint density at radius 3 is 2.61 bits per heavy atom. The average molecular weight is 273 g/mol. The number of rotatable bonds is 6. The molecule has 0 aliphatic carbocycles. The Labute approximate surface area is 111 Å². The van der Waals surface area contributed by atoms with E-state index in [4.69, 9.17) is 9.84 Å². The fourth-order valence-corrected chi connectivity index (χ4v) is 2.72. The molecule has 0 amide bonds. The Bertz CT molecular complexity index is 313. The van der Waals surface area contributed by atoms with Gasteiger partial charge in [-0.05, 0) is 6.42 Å². The number of carbonyl (C=O) groups excluding carboxylic acids is 1. The van der Waals surface area contributed by atoms with Crippen LogP contribution in [0.5, 0.6) is 0 Å². The third-order valence-corrected chi connectivity index (χ3v) is 3.76. The summed E-state index contributed by atoms with van der Waals surface area (Å²) < 4.78 is 5.06. The largest absolute Gasteiger partial charge is 0.478 e. The summed E-state index contributed by atoms with van der Waals surface area (Å²) in [5.74, 6) is 0.487. The third-order valence-electron chi connectivity index (χ3n) is 2.81. The van der Waals surface area contributed by atoms with Crippen LogP contribution >= 0.6 is 11.8 Å². The molecule has 1 N–H and O–H groups in total. The summed E-state index contributed by atoms with van der Waals surface area (Å²) in [6, 6.07) is 0.230. The van der Waals surface area contributed by atoms with Crippen LogP contribution in [-0.4, -0.2) is 59.2 Å². The molecule has 0 bridgehead atoms. The second-order valence-electron chi connectivity index (χ2n) is 4.01. The van der Waals surface area contributed by atoms with Crippen LogP contribution in [-0.2, 0) is 14.3 Å². The molecule has 1 heterocycles. The first-order chi connectivity index (χ1) is 8.63. The van der Waals surface area contributed by atoms with E-state index in [1.54, 1.807) is 0 Å². The van der Waals surface area contributed by atoms with Gasteiger partial charge in [-0.2, -0.15) is 11.8 Å². The van der Waals surface area contributed by atoms with Crippen molar-refractivity contribution in [2.45, 2.75) is 19.4 Å². The van der Waals surface area contributed by atoms with Crippen LogP contribution in [0, 0.1) is 0 Å². The van der Waals surface area contributed by atoms with Gasteiger partial charge in [0.25, 0.3) is 0 Å². The molecule has 1 fully saturated rings. The minimum Gasteiger partial charge on any atom is -0.478 e. The lowest BCUT2D eigenvalue weighted by Gasteiger charge is -2.33. The van der Waals surface area contributed by atoms with Crippen LogP contribution in [0.4, 0.5) is 0 Å². The first-order valence-corrected chi connectivity index (χ1v) is 7.18. The Morgan fingerprint density at radius 1 is 1.39 bits per heavy atom. The van der Waals surface area contributed by atoms with Crippen molar-refractivity contribution in [1.29, 1.82) is 0 Å². The Morgan fingerprint density at radius 2 is 2.06 bits per heavy atom. The van der Waals surface area contributed by atoms with Crippen molar-refractivity contribution in [2.24, 2.45) is 0 Å². The van der Waals surface area contributed by atoms with Crippen molar-refractivity contribution < 1.29 is 19.4 Å². The molecule has 1 atom stereocenters. The van der Waals surface area contributed by atoms with Crippen LogP contribution in [0.25, 0.3) is 0 Å². The van der Waals surface area contributed by atoms with Crippen molar-refractivity contribution in [3.8, 4) is 0 Å². The van der Waals surface area contributed by atoms with E-state index in [-0.39, 0.29) is 6.04 Å². The normalized spacial score (nSPS) is 18.7. The molecule has 0 spiro atoms. The van der Waals surface area contributed by atoms with E-state index in [0.717, 1.165) is 43.2 Å². The maximum absolute atomic E-state index is 11.3. The number of carbonyl (C=O) groups is 2. The Balaban J connectivity index is 2.34. The van der Waals surface area contributed by atoms with Crippen LogP contribution in [0.3, 0.4) is 0 Å². The lowest BCUT2D eigenvalue weighted by molar-refractivity contribution is -0.140. The number of ether oxygens (including phenoxy) is 1. The number of esters is 1. The van der Waals surface area contributed by atoms with Gasteiger partial charge in [-0.1, -0.05) is 6.92 Å². The van der Waals surface area contributed by atoms with Gasteiger partial charge in [0.1, 0.15) is 6.61 Å². The number of nitrogens with zero attached hydrogens (tertiary/aromatic N) is 1. The SMILES string of the molecule is CCC(COC(=O)C=CC(=O)O)N1CCSCC1. The topological polar surface area (TPSA) is 66.8 Å². The predicted molar refractivity (Wildman–Crippen MR) is 70.7 cm³/mol. The molecular formula is C12H19NO4S. The highest BCUT2D eigenvalue weighted by atomic mass is 32.2. The molecule has 18 heavy (non-hydrogen) atoms. The standard InChI is InChI=1S/C12H19NO4S/c1-2-10(13-5-7-18-8-6-13)9-17-12(16)4-3-11(14)15/h3-4,10H,2,5-9H2,1H3,(H,14,15). The molecule has 0 saturated carbocycles. The van der Waals surface area contributed by atoms with Gasteiger partial charge in [-0.25, -0.2) is 9.59 Å². The zero-order valence-corrected chi connectivity index (χ0v) is 11.3. The number of hydrogen-bond acceptors (Lipinski definition) is 5. The second kappa shape index (κ2) is 8.16. The molecule has 1 saturated heterocycles. The maximum Gasteiger partial charge on any atom is 0.331 e. The highest BCUT2D eigenvalue weighted by molar-refractivity contribution is 7.99. The van der Waals surface area contributed by atoms with E-state index in [9.17, 15) is 9.59 Å². The third kappa shape index (κ3) is 5.55. The molecule has 0 radical (unpaired) electrons. The van der Waals surface area contributed by atoms with Crippen LogP contribution < -0.4 is 0 Å². The predicted octanol–water partition coefficient (Wildman–Crippen LogP) is 0.998. The highest BCUT2D eigenvalue weighted by Crippen LogP contribution is 2.14. The molecule has 0 aromatic carbocycles. The molecule has 6 heteroatoms. The van der Waals surface area contributed by atoms with Gasteiger partial charge in [-0.3, -0.25) is 4.90 Å². The summed E-state index contributed by atoms with van der Waals surface area (Å²) in [5, 5.41) is 8.38. The van der Waals surface area contributed by atoms with Gasteiger partial charge in [0, 0.05) is 42.8 Å². The minimum absolute atomic E-state index is 0.230. The van der Waals surface area contributed by atoms with Gasteiger partial charge in [-0.15, -0.1) is 0 Å². The van der Waals surface area contributed by atoms with Crippen molar-refractivity contribution in [3.63, 3.8) is 0 Å². The monoisotopic (exact) mass is 273 g/mol. The van der Waals surface area contributed by atoms with E-state index in [1.165, 1.54) is 0 Å². The van der Waals surface area contributed by atoms with E-state index in [0.29, 0.717) is 6.61 Å². The lowest BCUT2D eigenvalue weighted by Crippen LogP contribution is -2.43. The zero-order chi connectivity index (χ0) is 13.4. The molecular weight excluding hydrogens is 254 g/mol. The van der Waals surface area contributed by atoms with Crippen molar-refractivity contribution >= 4 is 23.7 Å². The molecule has 1 aliphatic rings. The van der Waals surface area contributed by atoms with Gasteiger partial charge >= 0.3 is 11.9 Å². The maximum atomic E-state index is 11.3. The summed E-state index contributed by atoms with van der Waals surface area (Å²) in [6.07, 6.45) is 2.66. The van der Waals surface area contributed by atoms with E-state index in [1.807, 2.05) is 11.8 Å². The number of carboxylic acid groups (broad SMARTS) is 1. The fourth-order valence-electron chi connectivity index (χ4n) is 1.79. The number of hydrogen-bond donors (Lipinski definition) is 1. The number of aliphatic carboxylic acids is 1. The Hall–Kier alpha value is -1.01. The molecule has 0 aromatic heterocycles. The first kappa shape index (κ1) is 15.0. The van der Waals surface area contributed by atoms with Gasteiger partial charge < -0.3 is 9.84 Å². The van der Waals surface area contributed by atoms with Crippen molar-refractivity contribution in [1.82, 2.24) is 4.90 Å². The van der Waals surface area contributed by atoms with E-state index >= 15 is 0 Å². The van der Waals surface area contributed by atoms with Crippen molar-refractivity contribution in [3.05, 3.63) is 12.2 Å². The van der Waals surface area contributed by atoms with E-state index in [2.05, 4.69) is 11.8 Å². The summed E-state index contributed by atoms with van der Waals surface area (Å²) in [6.45, 7) is 4.43. The minimum atomic E-state index is -1.15. The zero-order valence-electron chi connectivity index (χ0n) is 10.5. The lowest BCUT2D eigenvalue weighted by atomic mass is 10.2. The van der Waals surface area contributed by atoms with Gasteiger partial charge in [0.05, 0.1) is 0 Å². The van der Waals surface area contributed by atoms with Crippen LogP contribution in [0.1, 0.15) is 13.3 Å². The van der Waals surface area contributed by atoms with Gasteiger partial charge in [0.15, 0.2) is 0 Å².